The summed E-state index contributed by atoms with van der Waals surface area (Å²) in [6.45, 7) is 4.46. The molecule has 3 N–H and O–H groups in total. The highest BCUT2D eigenvalue weighted by Crippen LogP contribution is 2.14. The highest BCUT2D eigenvalue weighted by Gasteiger charge is 2.10. The van der Waals surface area contributed by atoms with Crippen molar-refractivity contribution in [3.05, 3.63) is 58.0 Å². The van der Waals surface area contributed by atoms with Crippen LogP contribution in [0.15, 0.2) is 41.3 Å². The molecule has 21 heavy (non-hydrogen) atoms. The summed E-state index contributed by atoms with van der Waals surface area (Å²) in [5.41, 5.74) is 8.22. The Bertz CT molecular complexity index is 720. The Morgan fingerprint density at radius 1 is 1.29 bits per heavy atom. The number of hydrogen-bond donors (Lipinski definition) is 2. The van der Waals surface area contributed by atoms with Crippen molar-refractivity contribution in [3.8, 4) is 0 Å². The molecule has 0 spiro atoms. The van der Waals surface area contributed by atoms with E-state index in [0.717, 1.165) is 12.0 Å². The van der Waals surface area contributed by atoms with E-state index in [1.54, 1.807) is 35.0 Å². The van der Waals surface area contributed by atoms with Gasteiger partial charge < -0.3 is 15.6 Å². The standard InChI is InChI=1S/C16H19N3O2/c1-3-8-19-10-13(5-7-15(19)20)18-16(21)14-6-4-12(17)9-11(14)2/h4-7,9-10H,3,8,17H2,1-2H3,(H,18,21). The number of nitrogens with one attached hydrogen (secondary N) is 1. The van der Waals surface area contributed by atoms with Crippen molar-refractivity contribution >= 4 is 17.3 Å². The summed E-state index contributed by atoms with van der Waals surface area (Å²) in [4.78, 5) is 23.9. The van der Waals surface area contributed by atoms with Crippen molar-refractivity contribution in [2.75, 3.05) is 11.1 Å². The molecule has 0 saturated carbocycles. The van der Waals surface area contributed by atoms with Crippen LogP contribution in [-0.2, 0) is 6.54 Å². The molecule has 5 nitrogen and oxygen atoms in total. The molecule has 0 bridgehead atoms. The van der Waals surface area contributed by atoms with Gasteiger partial charge in [-0.15, -0.1) is 0 Å². The van der Waals surface area contributed by atoms with Gasteiger partial charge >= 0.3 is 0 Å². The monoisotopic (exact) mass is 285 g/mol. The molecule has 0 fully saturated rings. The van der Waals surface area contributed by atoms with E-state index in [4.69, 9.17) is 5.73 Å². The number of pyridine rings is 1. The largest absolute Gasteiger partial charge is 0.399 e. The van der Waals surface area contributed by atoms with Gasteiger partial charge in [-0.2, -0.15) is 0 Å². The fraction of sp³-hybridized carbons (Fsp3) is 0.250. The van der Waals surface area contributed by atoms with Crippen LogP contribution >= 0.6 is 0 Å². The van der Waals surface area contributed by atoms with Crippen LogP contribution in [0.5, 0.6) is 0 Å². The first-order valence-corrected chi connectivity index (χ1v) is 6.89. The van der Waals surface area contributed by atoms with E-state index in [9.17, 15) is 9.59 Å². The number of hydrogen-bond acceptors (Lipinski definition) is 3. The Morgan fingerprint density at radius 2 is 2.05 bits per heavy atom. The molecule has 1 aromatic carbocycles. The molecule has 1 heterocycles. The van der Waals surface area contributed by atoms with E-state index < -0.39 is 0 Å². The number of aryl methyl sites for hydroxylation is 2. The summed E-state index contributed by atoms with van der Waals surface area (Å²) in [7, 11) is 0. The fourth-order valence-corrected chi connectivity index (χ4v) is 2.16. The number of nitrogens with two attached hydrogens (primary N) is 1. The molecule has 1 amide bonds. The van der Waals surface area contributed by atoms with Gasteiger partial charge in [-0.1, -0.05) is 6.92 Å². The smallest absolute Gasteiger partial charge is 0.255 e. The van der Waals surface area contributed by atoms with Gasteiger partial charge in [0, 0.05) is 30.1 Å². The third kappa shape index (κ3) is 3.51. The molecule has 2 rings (SSSR count). The predicted octanol–water partition coefficient (Wildman–Crippen LogP) is 2.40. The SMILES string of the molecule is CCCn1cc(NC(=O)c2ccc(N)cc2C)ccc1=O. The summed E-state index contributed by atoms with van der Waals surface area (Å²) < 4.78 is 1.59. The van der Waals surface area contributed by atoms with Crippen LogP contribution in [0.1, 0.15) is 29.3 Å². The molecule has 0 aliphatic rings. The molecule has 1 aromatic heterocycles. The van der Waals surface area contributed by atoms with Crippen LogP contribution in [0.4, 0.5) is 11.4 Å². The lowest BCUT2D eigenvalue weighted by Crippen LogP contribution is -2.20. The molecule has 0 aliphatic heterocycles. The summed E-state index contributed by atoms with van der Waals surface area (Å²) in [6.07, 6.45) is 2.52. The van der Waals surface area contributed by atoms with Crippen molar-refractivity contribution in [2.45, 2.75) is 26.8 Å². The lowest BCUT2D eigenvalue weighted by Gasteiger charge is -2.10. The van der Waals surface area contributed by atoms with Gasteiger partial charge in [0.25, 0.3) is 11.5 Å². The number of amides is 1. The Hall–Kier alpha value is -2.56. The van der Waals surface area contributed by atoms with Gasteiger partial charge in [0.05, 0.1) is 5.69 Å². The third-order valence-electron chi connectivity index (χ3n) is 3.20. The lowest BCUT2D eigenvalue weighted by atomic mass is 10.1. The molecule has 0 unspecified atom stereocenters. The number of carbonyl (C=O) groups excluding carboxylic acids is 1. The zero-order valence-corrected chi connectivity index (χ0v) is 12.2. The first-order valence-electron chi connectivity index (χ1n) is 6.89. The Labute approximate surface area is 123 Å². The van der Waals surface area contributed by atoms with Gasteiger partial charge in [-0.05, 0) is 43.2 Å². The van der Waals surface area contributed by atoms with Crippen molar-refractivity contribution < 1.29 is 4.79 Å². The van der Waals surface area contributed by atoms with E-state index in [1.165, 1.54) is 6.07 Å². The second kappa shape index (κ2) is 6.26. The number of nitrogen functional groups attached to an aromatic ring is 1. The second-order valence-electron chi connectivity index (χ2n) is 4.98. The number of rotatable bonds is 4. The molecular formula is C16H19N3O2. The maximum atomic E-state index is 12.3. The average molecular weight is 285 g/mol. The van der Waals surface area contributed by atoms with E-state index in [-0.39, 0.29) is 11.5 Å². The van der Waals surface area contributed by atoms with Gasteiger partial charge in [0.2, 0.25) is 0 Å². The van der Waals surface area contributed by atoms with Crippen molar-refractivity contribution in [2.24, 2.45) is 0 Å². The summed E-state index contributed by atoms with van der Waals surface area (Å²) in [5, 5.41) is 2.81. The minimum absolute atomic E-state index is 0.0708. The number of aromatic nitrogens is 1. The van der Waals surface area contributed by atoms with Crippen molar-refractivity contribution in [3.63, 3.8) is 0 Å². The minimum atomic E-state index is -0.214. The highest BCUT2D eigenvalue weighted by atomic mass is 16.1. The number of carbonyl (C=O) groups is 1. The second-order valence-corrected chi connectivity index (χ2v) is 4.98. The zero-order chi connectivity index (χ0) is 15.4. The molecular weight excluding hydrogens is 266 g/mol. The predicted molar refractivity (Wildman–Crippen MR) is 84.5 cm³/mol. The maximum absolute atomic E-state index is 12.3. The van der Waals surface area contributed by atoms with E-state index in [2.05, 4.69) is 5.32 Å². The highest BCUT2D eigenvalue weighted by molar-refractivity contribution is 6.05. The Balaban J connectivity index is 2.23. The van der Waals surface area contributed by atoms with E-state index >= 15 is 0 Å². The maximum Gasteiger partial charge on any atom is 0.255 e. The Kier molecular flexibility index (Phi) is 4.42. The molecule has 0 radical (unpaired) electrons. The summed E-state index contributed by atoms with van der Waals surface area (Å²) in [6, 6.07) is 8.22. The average Bonchev–Trinajstić information content (AvgIpc) is 2.42. The molecule has 0 atom stereocenters. The van der Waals surface area contributed by atoms with E-state index in [1.807, 2.05) is 13.8 Å². The zero-order valence-electron chi connectivity index (χ0n) is 12.2. The number of anilines is 2. The first kappa shape index (κ1) is 14.8. The molecule has 2 aromatic rings. The van der Waals surface area contributed by atoms with Crippen LogP contribution in [0, 0.1) is 6.92 Å². The first-order chi connectivity index (χ1) is 10.0. The molecule has 0 saturated heterocycles. The summed E-state index contributed by atoms with van der Waals surface area (Å²) in [5.74, 6) is -0.214. The van der Waals surface area contributed by atoms with Crippen LogP contribution < -0.4 is 16.6 Å². The molecule has 0 aliphatic carbocycles. The van der Waals surface area contributed by atoms with Crippen molar-refractivity contribution in [1.82, 2.24) is 4.57 Å². The molecule has 5 heteroatoms. The fourth-order valence-electron chi connectivity index (χ4n) is 2.16. The third-order valence-corrected chi connectivity index (χ3v) is 3.20. The van der Waals surface area contributed by atoms with E-state index in [0.29, 0.717) is 23.5 Å². The van der Waals surface area contributed by atoms with Gasteiger partial charge in [-0.25, -0.2) is 0 Å². The molecule has 110 valence electrons. The van der Waals surface area contributed by atoms with Gasteiger partial charge in [-0.3, -0.25) is 9.59 Å². The lowest BCUT2D eigenvalue weighted by molar-refractivity contribution is 0.102. The normalized spacial score (nSPS) is 10.4. The van der Waals surface area contributed by atoms with Gasteiger partial charge in [0.15, 0.2) is 0 Å². The number of nitrogens with zero attached hydrogens (tertiary/aromatic N) is 1. The number of benzene rings is 1. The van der Waals surface area contributed by atoms with Crippen LogP contribution in [0.25, 0.3) is 0 Å². The van der Waals surface area contributed by atoms with Crippen LogP contribution in [-0.4, -0.2) is 10.5 Å². The quantitative estimate of drug-likeness (QED) is 0.847. The topological polar surface area (TPSA) is 77.1 Å². The Morgan fingerprint density at radius 3 is 2.71 bits per heavy atom. The van der Waals surface area contributed by atoms with Crippen LogP contribution in [0.3, 0.4) is 0 Å². The van der Waals surface area contributed by atoms with Crippen molar-refractivity contribution in [1.29, 1.82) is 0 Å². The summed E-state index contributed by atoms with van der Waals surface area (Å²) >= 11 is 0. The van der Waals surface area contributed by atoms with Crippen LogP contribution in [0.2, 0.25) is 0 Å². The minimum Gasteiger partial charge on any atom is -0.399 e. The van der Waals surface area contributed by atoms with Gasteiger partial charge in [0.1, 0.15) is 0 Å².